The summed E-state index contributed by atoms with van der Waals surface area (Å²) < 4.78 is 10.5. The van der Waals surface area contributed by atoms with Gasteiger partial charge in [0.15, 0.2) is 0 Å². The minimum absolute atomic E-state index is 0.271. The summed E-state index contributed by atoms with van der Waals surface area (Å²) in [4.78, 5) is 24.3. The highest BCUT2D eigenvalue weighted by atomic mass is 16.5. The van der Waals surface area contributed by atoms with Crippen LogP contribution in [0.25, 0.3) is 0 Å². The van der Waals surface area contributed by atoms with Crippen LogP contribution in [0.5, 0.6) is 0 Å². The molecule has 0 N–H and O–H groups in total. The van der Waals surface area contributed by atoms with Gasteiger partial charge in [0.25, 0.3) is 0 Å². The third-order valence-electron chi connectivity index (χ3n) is 3.70. The first-order chi connectivity index (χ1) is 10.6. The Morgan fingerprint density at radius 3 is 2.00 bits per heavy atom. The number of hydrogen-bond donors (Lipinski definition) is 0. The Hall–Kier alpha value is -1.84. The maximum atomic E-state index is 12.2. The maximum Gasteiger partial charge on any atom is 0.339 e. The lowest BCUT2D eigenvalue weighted by molar-refractivity contribution is 0.0409. The molecule has 122 valence electrons. The SMILES string of the molecule is CCCCOC(=O)c1ccccc1C(=O)OCC(CC)CC. The summed E-state index contributed by atoms with van der Waals surface area (Å²) in [5, 5.41) is 0. The van der Waals surface area contributed by atoms with Crippen molar-refractivity contribution in [2.45, 2.75) is 46.5 Å². The van der Waals surface area contributed by atoms with E-state index in [9.17, 15) is 9.59 Å². The van der Waals surface area contributed by atoms with Gasteiger partial charge in [0, 0.05) is 0 Å². The molecule has 4 heteroatoms. The first-order valence-corrected chi connectivity index (χ1v) is 8.07. The van der Waals surface area contributed by atoms with Crippen LogP contribution in [0.4, 0.5) is 0 Å². The Labute approximate surface area is 132 Å². The predicted octanol–water partition coefficient (Wildman–Crippen LogP) is 4.24. The molecule has 0 aliphatic rings. The topological polar surface area (TPSA) is 52.6 Å². The van der Waals surface area contributed by atoms with E-state index in [0.717, 1.165) is 25.7 Å². The quantitative estimate of drug-likeness (QED) is 0.506. The van der Waals surface area contributed by atoms with Gasteiger partial charge in [-0.25, -0.2) is 9.59 Å². The van der Waals surface area contributed by atoms with E-state index in [0.29, 0.717) is 19.1 Å². The molecular formula is C18H26O4. The van der Waals surface area contributed by atoms with Crippen LogP contribution in [0.3, 0.4) is 0 Å². The van der Waals surface area contributed by atoms with Gasteiger partial charge in [-0.05, 0) is 24.5 Å². The van der Waals surface area contributed by atoms with Crippen molar-refractivity contribution < 1.29 is 19.1 Å². The first kappa shape index (κ1) is 18.2. The van der Waals surface area contributed by atoms with Crippen LogP contribution >= 0.6 is 0 Å². The van der Waals surface area contributed by atoms with E-state index < -0.39 is 11.9 Å². The van der Waals surface area contributed by atoms with Gasteiger partial charge in [-0.1, -0.05) is 52.2 Å². The lowest BCUT2D eigenvalue weighted by atomic mass is 10.0. The van der Waals surface area contributed by atoms with Crippen LogP contribution in [0.2, 0.25) is 0 Å². The number of esters is 2. The second-order valence-corrected chi connectivity index (χ2v) is 5.32. The summed E-state index contributed by atoms with van der Waals surface area (Å²) >= 11 is 0. The minimum Gasteiger partial charge on any atom is -0.462 e. The fourth-order valence-corrected chi connectivity index (χ4v) is 2.02. The Morgan fingerprint density at radius 1 is 0.955 bits per heavy atom. The zero-order valence-corrected chi connectivity index (χ0v) is 13.8. The zero-order valence-electron chi connectivity index (χ0n) is 13.8. The second kappa shape index (κ2) is 9.98. The van der Waals surface area contributed by atoms with Gasteiger partial charge < -0.3 is 9.47 Å². The smallest absolute Gasteiger partial charge is 0.339 e. The molecule has 1 rings (SSSR count). The van der Waals surface area contributed by atoms with Crippen LogP contribution in [-0.2, 0) is 9.47 Å². The van der Waals surface area contributed by atoms with Gasteiger partial charge >= 0.3 is 11.9 Å². The van der Waals surface area contributed by atoms with Crippen molar-refractivity contribution in [3.05, 3.63) is 35.4 Å². The number of benzene rings is 1. The van der Waals surface area contributed by atoms with Crippen LogP contribution in [0.15, 0.2) is 24.3 Å². The molecular weight excluding hydrogens is 280 g/mol. The summed E-state index contributed by atoms with van der Waals surface area (Å²) in [5.41, 5.74) is 0.545. The van der Waals surface area contributed by atoms with Gasteiger partial charge in [-0.15, -0.1) is 0 Å². The molecule has 1 aromatic rings. The van der Waals surface area contributed by atoms with Crippen molar-refractivity contribution in [3.8, 4) is 0 Å². The highest BCUT2D eigenvalue weighted by molar-refractivity contribution is 6.03. The van der Waals surface area contributed by atoms with Crippen LogP contribution in [0, 0.1) is 5.92 Å². The molecule has 0 radical (unpaired) electrons. The molecule has 0 amide bonds. The third kappa shape index (κ3) is 5.51. The van der Waals surface area contributed by atoms with Crippen molar-refractivity contribution >= 4 is 11.9 Å². The molecule has 0 aliphatic carbocycles. The van der Waals surface area contributed by atoms with Crippen molar-refractivity contribution in [2.75, 3.05) is 13.2 Å². The highest BCUT2D eigenvalue weighted by Crippen LogP contribution is 2.14. The zero-order chi connectivity index (χ0) is 16.4. The van der Waals surface area contributed by atoms with Gasteiger partial charge in [0.2, 0.25) is 0 Å². The monoisotopic (exact) mass is 306 g/mol. The fourth-order valence-electron chi connectivity index (χ4n) is 2.02. The normalized spacial score (nSPS) is 10.5. The Bertz CT molecular complexity index is 478. The lowest BCUT2D eigenvalue weighted by Gasteiger charge is -2.14. The van der Waals surface area contributed by atoms with E-state index in [1.54, 1.807) is 24.3 Å². The van der Waals surface area contributed by atoms with Gasteiger partial charge in [0.1, 0.15) is 0 Å². The summed E-state index contributed by atoms with van der Waals surface area (Å²) in [7, 11) is 0. The van der Waals surface area contributed by atoms with Crippen LogP contribution < -0.4 is 0 Å². The van der Waals surface area contributed by atoms with Crippen molar-refractivity contribution in [1.82, 2.24) is 0 Å². The van der Waals surface area contributed by atoms with E-state index in [1.807, 2.05) is 6.92 Å². The van der Waals surface area contributed by atoms with Gasteiger partial charge in [-0.2, -0.15) is 0 Å². The molecule has 0 aliphatic heterocycles. The molecule has 0 aromatic heterocycles. The van der Waals surface area contributed by atoms with E-state index >= 15 is 0 Å². The first-order valence-electron chi connectivity index (χ1n) is 8.07. The van der Waals surface area contributed by atoms with E-state index in [1.165, 1.54) is 0 Å². The third-order valence-corrected chi connectivity index (χ3v) is 3.70. The molecule has 0 bridgehead atoms. The van der Waals surface area contributed by atoms with Crippen LogP contribution in [0.1, 0.15) is 67.2 Å². The number of hydrogen-bond acceptors (Lipinski definition) is 4. The molecule has 1 aromatic carbocycles. The molecule has 0 heterocycles. The fraction of sp³-hybridized carbons (Fsp3) is 0.556. The summed E-state index contributed by atoms with van der Waals surface area (Å²) in [6.45, 7) is 6.91. The summed E-state index contributed by atoms with van der Waals surface area (Å²) in [5.74, 6) is -0.578. The molecule has 0 saturated carbocycles. The molecule has 0 fully saturated rings. The number of rotatable bonds is 9. The number of carbonyl (C=O) groups excluding carboxylic acids is 2. The Kier molecular flexibility index (Phi) is 8.26. The summed E-state index contributed by atoms with van der Waals surface area (Å²) in [6, 6.07) is 6.64. The van der Waals surface area contributed by atoms with E-state index in [2.05, 4.69) is 13.8 Å². The van der Waals surface area contributed by atoms with Crippen molar-refractivity contribution in [3.63, 3.8) is 0 Å². The van der Waals surface area contributed by atoms with Gasteiger partial charge in [0.05, 0.1) is 24.3 Å². The average molecular weight is 306 g/mol. The standard InChI is InChI=1S/C18H26O4/c1-4-7-12-21-17(19)15-10-8-9-11-16(15)18(20)22-13-14(5-2)6-3/h8-11,14H,4-7,12-13H2,1-3H3. The van der Waals surface area contributed by atoms with E-state index in [-0.39, 0.29) is 11.1 Å². The Balaban J connectivity index is 2.73. The molecule has 22 heavy (non-hydrogen) atoms. The van der Waals surface area contributed by atoms with Crippen LogP contribution in [-0.4, -0.2) is 25.2 Å². The number of ether oxygens (including phenoxy) is 2. The molecule has 0 saturated heterocycles. The number of unbranched alkanes of at least 4 members (excludes halogenated alkanes) is 1. The highest BCUT2D eigenvalue weighted by Gasteiger charge is 2.19. The van der Waals surface area contributed by atoms with E-state index in [4.69, 9.17) is 9.47 Å². The van der Waals surface area contributed by atoms with Crippen molar-refractivity contribution in [2.24, 2.45) is 5.92 Å². The lowest BCUT2D eigenvalue weighted by Crippen LogP contribution is -2.17. The maximum absolute atomic E-state index is 12.2. The molecule has 0 spiro atoms. The Morgan fingerprint density at radius 2 is 1.50 bits per heavy atom. The largest absolute Gasteiger partial charge is 0.462 e. The average Bonchev–Trinajstić information content (AvgIpc) is 2.55. The second-order valence-electron chi connectivity index (χ2n) is 5.32. The molecule has 0 atom stereocenters. The molecule has 0 unspecified atom stereocenters. The minimum atomic E-state index is -0.469. The van der Waals surface area contributed by atoms with Gasteiger partial charge in [-0.3, -0.25) is 0 Å². The number of carbonyl (C=O) groups is 2. The predicted molar refractivity (Wildman–Crippen MR) is 86.0 cm³/mol. The van der Waals surface area contributed by atoms with Crippen molar-refractivity contribution in [1.29, 1.82) is 0 Å². The molecule has 4 nitrogen and oxygen atoms in total. The summed E-state index contributed by atoms with van der Waals surface area (Å²) in [6.07, 6.45) is 3.69.